The first-order valence-corrected chi connectivity index (χ1v) is 10.6. The van der Waals surface area contributed by atoms with Crippen molar-refractivity contribution < 1.29 is 13.2 Å². The van der Waals surface area contributed by atoms with Crippen molar-refractivity contribution >= 4 is 15.9 Å². The van der Waals surface area contributed by atoms with Crippen molar-refractivity contribution in [3.05, 3.63) is 65.7 Å². The standard InChI is InChI=1S/C20H25N3O3S/c1-14(15-6-3-2-4-7-15)23-27(25,26)18-9-5-8-17(12-18)20(24)22-13-19(21)16-10-11-16/h2-9,12,14,16,19,23H,10-11,13,21H2,1H3,(H,22,24). The van der Waals surface area contributed by atoms with Crippen LogP contribution in [-0.4, -0.2) is 26.9 Å². The average molecular weight is 388 g/mol. The van der Waals surface area contributed by atoms with Gasteiger partial charge in [0.15, 0.2) is 0 Å². The van der Waals surface area contributed by atoms with Crippen molar-refractivity contribution in [2.75, 3.05) is 6.54 Å². The summed E-state index contributed by atoms with van der Waals surface area (Å²) in [4.78, 5) is 12.4. The molecule has 4 N–H and O–H groups in total. The first kappa shape index (κ1) is 19.5. The summed E-state index contributed by atoms with van der Waals surface area (Å²) in [5, 5.41) is 2.79. The second kappa shape index (κ2) is 8.21. The van der Waals surface area contributed by atoms with Gasteiger partial charge in [-0.25, -0.2) is 13.1 Å². The van der Waals surface area contributed by atoms with Crippen molar-refractivity contribution in [1.29, 1.82) is 0 Å². The molecule has 1 amide bonds. The Morgan fingerprint density at radius 1 is 1.15 bits per heavy atom. The minimum absolute atomic E-state index is 0.0470. The Balaban J connectivity index is 1.68. The van der Waals surface area contributed by atoms with Crippen LogP contribution in [0.3, 0.4) is 0 Å². The van der Waals surface area contributed by atoms with Crippen molar-refractivity contribution in [2.24, 2.45) is 11.7 Å². The van der Waals surface area contributed by atoms with Crippen LogP contribution in [0.5, 0.6) is 0 Å². The number of amides is 1. The second-order valence-electron chi connectivity index (χ2n) is 6.99. The van der Waals surface area contributed by atoms with E-state index in [0.29, 0.717) is 18.0 Å². The SMILES string of the molecule is CC(NS(=O)(=O)c1cccc(C(=O)NCC(N)C2CC2)c1)c1ccccc1. The van der Waals surface area contributed by atoms with Crippen molar-refractivity contribution in [3.8, 4) is 0 Å². The van der Waals surface area contributed by atoms with Gasteiger partial charge in [0.2, 0.25) is 10.0 Å². The lowest BCUT2D eigenvalue weighted by atomic mass is 10.1. The molecule has 1 aliphatic rings. The zero-order valence-electron chi connectivity index (χ0n) is 15.3. The molecule has 1 aliphatic carbocycles. The van der Waals surface area contributed by atoms with E-state index in [2.05, 4.69) is 10.0 Å². The van der Waals surface area contributed by atoms with E-state index in [-0.39, 0.29) is 22.9 Å². The van der Waals surface area contributed by atoms with Crippen LogP contribution >= 0.6 is 0 Å². The molecular weight excluding hydrogens is 362 g/mol. The van der Waals surface area contributed by atoms with Gasteiger partial charge in [-0.05, 0) is 49.4 Å². The smallest absolute Gasteiger partial charge is 0.251 e. The number of hydrogen-bond acceptors (Lipinski definition) is 4. The molecule has 0 bridgehead atoms. The molecule has 2 atom stereocenters. The fourth-order valence-electron chi connectivity index (χ4n) is 2.92. The molecule has 0 heterocycles. The van der Waals surface area contributed by atoms with Crippen LogP contribution in [-0.2, 0) is 10.0 Å². The third kappa shape index (κ3) is 5.15. The van der Waals surface area contributed by atoms with Gasteiger partial charge >= 0.3 is 0 Å². The third-order valence-electron chi connectivity index (χ3n) is 4.76. The summed E-state index contributed by atoms with van der Waals surface area (Å²) in [6.07, 6.45) is 2.21. The first-order chi connectivity index (χ1) is 12.9. The number of carbonyl (C=O) groups is 1. The highest BCUT2D eigenvalue weighted by Gasteiger charge is 2.28. The molecule has 1 saturated carbocycles. The third-order valence-corrected chi connectivity index (χ3v) is 6.30. The van der Waals surface area contributed by atoms with E-state index in [1.54, 1.807) is 19.1 Å². The van der Waals surface area contributed by atoms with E-state index in [4.69, 9.17) is 5.73 Å². The van der Waals surface area contributed by atoms with Crippen LogP contribution < -0.4 is 15.8 Å². The first-order valence-electron chi connectivity index (χ1n) is 9.08. The van der Waals surface area contributed by atoms with Gasteiger partial charge in [-0.1, -0.05) is 36.4 Å². The Morgan fingerprint density at radius 2 is 1.85 bits per heavy atom. The fraction of sp³-hybridized carbons (Fsp3) is 0.350. The van der Waals surface area contributed by atoms with Crippen LogP contribution in [0.1, 0.15) is 41.7 Å². The molecule has 6 nitrogen and oxygen atoms in total. The quantitative estimate of drug-likeness (QED) is 0.646. The summed E-state index contributed by atoms with van der Waals surface area (Å²) in [5.74, 6) is 0.167. The summed E-state index contributed by atoms with van der Waals surface area (Å²) in [6, 6.07) is 14.9. The van der Waals surface area contributed by atoms with Crippen molar-refractivity contribution in [2.45, 2.75) is 36.7 Å². The van der Waals surface area contributed by atoms with Crippen LogP contribution in [0.2, 0.25) is 0 Å². The maximum atomic E-state index is 12.7. The van der Waals surface area contributed by atoms with Gasteiger partial charge in [0.1, 0.15) is 0 Å². The van der Waals surface area contributed by atoms with Gasteiger partial charge in [0.25, 0.3) is 5.91 Å². The van der Waals surface area contributed by atoms with Crippen LogP contribution in [0.4, 0.5) is 0 Å². The Hall–Kier alpha value is -2.22. The van der Waals surface area contributed by atoms with E-state index in [1.165, 1.54) is 12.1 Å². The Bertz CT molecular complexity index is 896. The molecule has 2 aromatic carbocycles. The fourth-order valence-corrected chi connectivity index (χ4v) is 4.20. The molecule has 0 aromatic heterocycles. The Labute approximate surface area is 160 Å². The molecule has 1 fully saturated rings. The van der Waals surface area contributed by atoms with E-state index in [0.717, 1.165) is 18.4 Å². The lowest BCUT2D eigenvalue weighted by molar-refractivity contribution is 0.0950. The molecule has 144 valence electrons. The summed E-state index contributed by atoms with van der Waals surface area (Å²) in [5.41, 5.74) is 7.16. The number of sulfonamides is 1. The number of nitrogens with two attached hydrogens (primary N) is 1. The molecule has 0 aliphatic heterocycles. The maximum absolute atomic E-state index is 12.7. The zero-order valence-corrected chi connectivity index (χ0v) is 16.1. The van der Waals surface area contributed by atoms with Crippen LogP contribution in [0, 0.1) is 5.92 Å². The molecule has 0 spiro atoms. The molecule has 27 heavy (non-hydrogen) atoms. The summed E-state index contributed by atoms with van der Waals surface area (Å²) >= 11 is 0. The highest BCUT2D eigenvalue weighted by Crippen LogP contribution is 2.31. The number of nitrogens with one attached hydrogen (secondary N) is 2. The molecule has 3 rings (SSSR count). The van der Waals surface area contributed by atoms with E-state index >= 15 is 0 Å². The minimum atomic E-state index is -3.75. The molecular formula is C20H25N3O3S. The van der Waals surface area contributed by atoms with Crippen LogP contribution in [0.25, 0.3) is 0 Å². The number of hydrogen-bond donors (Lipinski definition) is 3. The summed E-state index contributed by atoms with van der Waals surface area (Å²) < 4.78 is 28.0. The topological polar surface area (TPSA) is 101 Å². The van der Waals surface area contributed by atoms with E-state index in [9.17, 15) is 13.2 Å². The lowest BCUT2D eigenvalue weighted by Crippen LogP contribution is -2.38. The lowest BCUT2D eigenvalue weighted by Gasteiger charge is -2.15. The number of carbonyl (C=O) groups excluding carboxylic acids is 1. The average Bonchev–Trinajstić information content (AvgIpc) is 3.51. The number of rotatable bonds is 8. The van der Waals surface area contributed by atoms with Crippen molar-refractivity contribution in [3.63, 3.8) is 0 Å². The normalized spacial score (nSPS) is 16.5. The van der Waals surface area contributed by atoms with Crippen molar-refractivity contribution in [1.82, 2.24) is 10.0 Å². The monoisotopic (exact) mass is 387 g/mol. The van der Waals surface area contributed by atoms with Gasteiger partial charge in [-0.3, -0.25) is 4.79 Å². The Morgan fingerprint density at radius 3 is 2.52 bits per heavy atom. The molecule has 0 saturated heterocycles. The van der Waals surface area contributed by atoms with Gasteiger partial charge in [0, 0.05) is 24.2 Å². The molecule has 2 unspecified atom stereocenters. The molecule has 0 radical (unpaired) electrons. The Kier molecular flexibility index (Phi) is 5.94. The second-order valence-corrected chi connectivity index (χ2v) is 8.71. The minimum Gasteiger partial charge on any atom is -0.350 e. The van der Waals surface area contributed by atoms with Gasteiger partial charge in [-0.2, -0.15) is 0 Å². The van der Waals surface area contributed by atoms with E-state index < -0.39 is 10.0 Å². The highest BCUT2D eigenvalue weighted by molar-refractivity contribution is 7.89. The molecule has 2 aromatic rings. The maximum Gasteiger partial charge on any atom is 0.251 e. The van der Waals surface area contributed by atoms with Crippen LogP contribution in [0.15, 0.2) is 59.5 Å². The van der Waals surface area contributed by atoms with Gasteiger partial charge < -0.3 is 11.1 Å². The molecule has 7 heteroatoms. The zero-order chi connectivity index (χ0) is 19.4. The largest absolute Gasteiger partial charge is 0.350 e. The predicted octanol–water partition coefficient (Wildman–Crippen LogP) is 2.19. The number of benzene rings is 2. The van der Waals surface area contributed by atoms with Gasteiger partial charge in [0.05, 0.1) is 4.90 Å². The van der Waals surface area contributed by atoms with E-state index in [1.807, 2.05) is 30.3 Å². The summed E-state index contributed by atoms with van der Waals surface area (Å²) in [6.45, 7) is 2.17. The predicted molar refractivity (Wildman–Crippen MR) is 105 cm³/mol. The summed E-state index contributed by atoms with van der Waals surface area (Å²) in [7, 11) is -3.75. The highest BCUT2D eigenvalue weighted by atomic mass is 32.2. The van der Waals surface area contributed by atoms with Gasteiger partial charge in [-0.15, -0.1) is 0 Å².